The van der Waals surface area contributed by atoms with Crippen LogP contribution in [-0.4, -0.2) is 31.3 Å². The number of carbonyl (C=O) groups is 1. The van der Waals surface area contributed by atoms with Crippen LogP contribution < -0.4 is 0 Å². The molecule has 1 aliphatic carbocycles. The molecule has 1 fully saturated rings. The molecule has 2 nitrogen and oxygen atoms in total. The van der Waals surface area contributed by atoms with Crippen LogP contribution in [0.1, 0.15) is 38.5 Å². The van der Waals surface area contributed by atoms with Gasteiger partial charge in [-0.25, -0.2) is 0 Å². The number of ketones is 1. The monoisotopic (exact) mass is 219 g/mol. The van der Waals surface area contributed by atoms with Crippen molar-refractivity contribution in [2.24, 2.45) is 5.92 Å². The van der Waals surface area contributed by atoms with Crippen molar-refractivity contribution >= 4 is 18.2 Å². The molecule has 0 atom stereocenters. The van der Waals surface area contributed by atoms with E-state index < -0.39 is 0 Å². The minimum absolute atomic E-state index is 0. The van der Waals surface area contributed by atoms with Crippen LogP contribution in [-0.2, 0) is 4.79 Å². The van der Waals surface area contributed by atoms with Crippen molar-refractivity contribution in [2.45, 2.75) is 38.5 Å². The van der Waals surface area contributed by atoms with Gasteiger partial charge in [-0.1, -0.05) is 19.3 Å². The maximum absolute atomic E-state index is 11.7. The van der Waals surface area contributed by atoms with Crippen LogP contribution in [0.4, 0.5) is 0 Å². The van der Waals surface area contributed by atoms with Crippen molar-refractivity contribution in [2.75, 3.05) is 20.6 Å². The van der Waals surface area contributed by atoms with Gasteiger partial charge in [-0.3, -0.25) is 4.79 Å². The molecule has 0 aromatic rings. The molecule has 1 saturated carbocycles. The first kappa shape index (κ1) is 13.9. The van der Waals surface area contributed by atoms with E-state index in [-0.39, 0.29) is 12.4 Å². The van der Waals surface area contributed by atoms with Crippen molar-refractivity contribution in [3.8, 4) is 0 Å². The SMILES string of the molecule is CN(C)CCC(=O)C1CCCCC1.Cl. The van der Waals surface area contributed by atoms with Crippen LogP contribution in [0.25, 0.3) is 0 Å². The molecule has 1 rings (SSSR count). The van der Waals surface area contributed by atoms with E-state index in [0.29, 0.717) is 11.7 Å². The summed E-state index contributed by atoms with van der Waals surface area (Å²) in [5.41, 5.74) is 0. The van der Waals surface area contributed by atoms with Crippen LogP contribution in [0.3, 0.4) is 0 Å². The van der Waals surface area contributed by atoms with Crippen molar-refractivity contribution in [1.29, 1.82) is 0 Å². The molecule has 0 N–H and O–H groups in total. The zero-order chi connectivity index (χ0) is 9.68. The van der Waals surface area contributed by atoms with Gasteiger partial charge in [0.25, 0.3) is 0 Å². The first-order valence-electron chi connectivity index (χ1n) is 5.37. The van der Waals surface area contributed by atoms with E-state index in [1.54, 1.807) is 0 Å². The van der Waals surface area contributed by atoms with Crippen molar-refractivity contribution in [3.63, 3.8) is 0 Å². The molecule has 1 aliphatic rings. The molecule has 0 radical (unpaired) electrons. The molecule has 3 heteroatoms. The van der Waals surface area contributed by atoms with E-state index >= 15 is 0 Å². The first-order valence-corrected chi connectivity index (χ1v) is 5.37. The fourth-order valence-corrected chi connectivity index (χ4v) is 1.96. The van der Waals surface area contributed by atoms with E-state index in [0.717, 1.165) is 25.8 Å². The molecule has 14 heavy (non-hydrogen) atoms. The Balaban J connectivity index is 0.00000169. The fraction of sp³-hybridized carbons (Fsp3) is 0.909. The number of halogens is 1. The number of carbonyl (C=O) groups excluding carboxylic acids is 1. The van der Waals surface area contributed by atoms with Gasteiger partial charge in [-0.15, -0.1) is 12.4 Å². The number of hydrogen-bond donors (Lipinski definition) is 0. The molecule has 84 valence electrons. The van der Waals surface area contributed by atoms with Crippen molar-refractivity contribution in [3.05, 3.63) is 0 Å². The summed E-state index contributed by atoms with van der Waals surface area (Å²) < 4.78 is 0. The standard InChI is InChI=1S/C11H21NO.ClH/c1-12(2)9-8-11(13)10-6-4-3-5-7-10;/h10H,3-9H2,1-2H3;1H. The Kier molecular flexibility index (Phi) is 7.20. The Labute approximate surface area is 93.5 Å². The lowest BCUT2D eigenvalue weighted by Crippen LogP contribution is -2.23. The summed E-state index contributed by atoms with van der Waals surface area (Å²) in [5, 5.41) is 0. The number of rotatable bonds is 4. The molecule has 0 aromatic heterocycles. The number of Topliss-reactive ketones (excluding diaryl/α,β-unsaturated/α-hetero) is 1. The summed E-state index contributed by atoms with van der Waals surface area (Å²) in [7, 11) is 4.04. The van der Waals surface area contributed by atoms with Gasteiger partial charge < -0.3 is 4.90 Å². The zero-order valence-electron chi connectivity index (χ0n) is 9.29. The second-order valence-corrected chi connectivity index (χ2v) is 4.35. The van der Waals surface area contributed by atoms with E-state index in [1.165, 1.54) is 19.3 Å². The van der Waals surface area contributed by atoms with Crippen LogP contribution in [0.2, 0.25) is 0 Å². The molecule has 0 heterocycles. The third-order valence-electron chi connectivity index (χ3n) is 2.87. The maximum Gasteiger partial charge on any atom is 0.137 e. The van der Waals surface area contributed by atoms with Crippen LogP contribution in [0, 0.1) is 5.92 Å². The normalized spacial score (nSPS) is 17.9. The van der Waals surface area contributed by atoms with Gasteiger partial charge >= 0.3 is 0 Å². The molecule has 0 spiro atoms. The summed E-state index contributed by atoms with van der Waals surface area (Å²) >= 11 is 0. The van der Waals surface area contributed by atoms with Crippen LogP contribution >= 0.6 is 12.4 Å². The van der Waals surface area contributed by atoms with Gasteiger partial charge in [0.2, 0.25) is 0 Å². The zero-order valence-corrected chi connectivity index (χ0v) is 10.1. The number of hydrogen-bond acceptors (Lipinski definition) is 2. The van der Waals surface area contributed by atoms with Gasteiger partial charge in [-0.05, 0) is 26.9 Å². The molecule has 0 saturated heterocycles. The quantitative estimate of drug-likeness (QED) is 0.724. The van der Waals surface area contributed by atoms with Gasteiger partial charge in [0.1, 0.15) is 5.78 Å². The van der Waals surface area contributed by atoms with E-state index in [9.17, 15) is 4.79 Å². The smallest absolute Gasteiger partial charge is 0.137 e. The summed E-state index contributed by atoms with van der Waals surface area (Å²) in [4.78, 5) is 13.8. The Bertz CT molecular complexity index is 165. The first-order chi connectivity index (χ1) is 6.20. The number of nitrogens with zero attached hydrogens (tertiary/aromatic N) is 1. The predicted octanol–water partition coefficient (Wildman–Crippen LogP) is 2.51. The van der Waals surface area contributed by atoms with Gasteiger partial charge in [0, 0.05) is 18.9 Å². The molecular weight excluding hydrogens is 198 g/mol. The van der Waals surface area contributed by atoms with Gasteiger partial charge in [0.05, 0.1) is 0 Å². The highest BCUT2D eigenvalue weighted by molar-refractivity contribution is 5.85. The maximum atomic E-state index is 11.7. The Hall–Kier alpha value is -0.0800. The average molecular weight is 220 g/mol. The Morgan fingerprint density at radius 1 is 1.21 bits per heavy atom. The van der Waals surface area contributed by atoms with E-state index in [1.807, 2.05) is 14.1 Å². The fourth-order valence-electron chi connectivity index (χ4n) is 1.96. The largest absolute Gasteiger partial charge is 0.309 e. The lowest BCUT2D eigenvalue weighted by Gasteiger charge is -2.20. The third-order valence-corrected chi connectivity index (χ3v) is 2.87. The molecule has 0 unspecified atom stereocenters. The minimum atomic E-state index is 0. The van der Waals surface area contributed by atoms with Crippen LogP contribution in [0.5, 0.6) is 0 Å². The highest BCUT2D eigenvalue weighted by Crippen LogP contribution is 2.25. The van der Waals surface area contributed by atoms with Crippen molar-refractivity contribution < 1.29 is 4.79 Å². The topological polar surface area (TPSA) is 20.3 Å². The summed E-state index contributed by atoms with van der Waals surface area (Å²) in [5.74, 6) is 0.891. The molecule has 0 amide bonds. The highest BCUT2D eigenvalue weighted by Gasteiger charge is 2.20. The Morgan fingerprint density at radius 2 is 1.79 bits per heavy atom. The molecule has 0 bridgehead atoms. The molecular formula is C11H22ClNO. The average Bonchev–Trinajstić information content (AvgIpc) is 2.15. The van der Waals surface area contributed by atoms with E-state index in [2.05, 4.69) is 4.90 Å². The summed E-state index contributed by atoms with van der Waals surface area (Å²) in [6.45, 7) is 0.912. The van der Waals surface area contributed by atoms with E-state index in [4.69, 9.17) is 0 Å². The molecule has 0 aliphatic heterocycles. The Morgan fingerprint density at radius 3 is 2.29 bits per heavy atom. The summed E-state index contributed by atoms with van der Waals surface area (Å²) in [6, 6.07) is 0. The van der Waals surface area contributed by atoms with Gasteiger partial charge in [-0.2, -0.15) is 0 Å². The highest BCUT2D eigenvalue weighted by atomic mass is 35.5. The predicted molar refractivity (Wildman–Crippen MR) is 62.0 cm³/mol. The minimum Gasteiger partial charge on any atom is -0.309 e. The summed E-state index contributed by atoms with van der Waals surface area (Å²) in [6.07, 6.45) is 6.89. The lowest BCUT2D eigenvalue weighted by atomic mass is 9.85. The lowest BCUT2D eigenvalue weighted by molar-refractivity contribution is -0.124. The second kappa shape index (κ2) is 7.24. The molecule has 0 aromatic carbocycles. The third kappa shape index (κ3) is 4.97. The second-order valence-electron chi connectivity index (χ2n) is 4.35. The van der Waals surface area contributed by atoms with Crippen LogP contribution in [0.15, 0.2) is 0 Å². The van der Waals surface area contributed by atoms with Crippen molar-refractivity contribution in [1.82, 2.24) is 4.90 Å². The van der Waals surface area contributed by atoms with Gasteiger partial charge in [0.15, 0.2) is 0 Å².